The summed E-state index contributed by atoms with van der Waals surface area (Å²) in [6.07, 6.45) is 6.82. The summed E-state index contributed by atoms with van der Waals surface area (Å²) in [4.78, 5) is 49.3. The van der Waals surface area contributed by atoms with E-state index in [2.05, 4.69) is 87.1 Å². The third-order valence-electron chi connectivity index (χ3n) is 18.2. The van der Waals surface area contributed by atoms with E-state index in [-0.39, 0.29) is 59.1 Å². The average Bonchev–Trinajstić information content (AvgIpc) is 2.11. The zero-order valence-electron chi connectivity index (χ0n) is 52.9. The molecule has 4 aromatic carbocycles. The van der Waals surface area contributed by atoms with Gasteiger partial charge < -0.3 is 59.0 Å². The van der Waals surface area contributed by atoms with Crippen molar-refractivity contribution in [1.82, 2.24) is 19.8 Å². The van der Waals surface area contributed by atoms with Crippen molar-refractivity contribution in [2.45, 2.75) is 130 Å². The maximum atomic E-state index is 14.2. The number of aliphatic hydroxyl groups is 1. The van der Waals surface area contributed by atoms with Crippen LogP contribution in [-0.2, 0) is 4.43 Å². The molecule has 0 bridgehead atoms. The fourth-order valence-electron chi connectivity index (χ4n) is 12.2. The first-order valence-electron chi connectivity index (χ1n) is 31.1. The molecule has 3 N–H and O–H groups in total. The van der Waals surface area contributed by atoms with Crippen LogP contribution in [-0.4, -0.2) is 161 Å². The van der Waals surface area contributed by atoms with E-state index in [1.807, 2.05) is 116 Å². The Bertz CT molecular complexity index is 3310. The number of carbonyl (C=O) groups excluding carboxylic acids is 2. The molecule has 0 saturated carbocycles. The number of ether oxygens (including phenoxy) is 2. The van der Waals surface area contributed by atoms with Crippen molar-refractivity contribution in [2.24, 2.45) is 0 Å². The zero-order chi connectivity index (χ0) is 63.6. The van der Waals surface area contributed by atoms with Crippen molar-refractivity contribution < 1.29 is 46.2 Å². The van der Waals surface area contributed by atoms with Gasteiger partial charge in [0.2, 0.25) is 0 Å². The van der Waals surface area contributed by atoms with E-state index in [4.69, 9.17) is 13.9 Å². The number of nitrogens with zero attached hydrogens (tertiary/aromatic N) is 8. The molecular weight excluding hydrogens is 1160 g/mol. The number of aryl methyl sites for hydroxylation is 4. The van der Waals surface area contributed by atoms with E-state index < -0.39 is 21.5 Å². The molecule has 6 heterocycles. The molecule has 0 unspecified atom stereocenters. The molecule has 0 radical (unpaired) electrons. The summed E-state index contributed by atoms with van der Waals surface area (Å²) in [5.74, 6) is 2.08. The summed E-state index contributed by atoms with van der Waals surface area (Å²) in [6, 6.07) is 33.7. The Hall–Kier alpha value is -7.62. The van der Waals surface area contributed by atoms with Gasteiger partial charge in [-0.1, -0.05) is 69.3 Å². The SMILES string of the molecule is Cc1cc(C)c(C(=O)N2CCN(c3ccccn3)[C@H](CO)C2)cc1NC1CCN(c2ccccc2OC(F)F)CC1.Cc1cc(C)c(C(=O)N2CCN(c3ccccn3)[C@H](CO[Si](C)(C)C(C)(C)C)C2)cc1NC1CCN(c2ccccc2OC(F)F)CC1. The maximum Gasteiger partial charge on any atom is 0.387 e. The number of pyridine rings is 2. The number of carbonyl (C=O) groups is 2. The lowest BCUT2D eigenvalue weighted by Crippen LogP contribution is -2.58. The van der Waals surface area contributed by atoms with Gasteiger partial charge in [0.25, 0.3) is 11.8 Å². The van der Waals surface area contributed by atoms with Crippen LogP contribution in [0.1, 0.15) is 89.4 Å². The fraction of sp³-hybridized carbons (Fsp3) is 0.471. The van der Waals surface area contributed by atoms with E-state index in [1.165, 1.54) is 0 Å². The number of para-hydroxylation sites is 4. The minimum Gasteiger partial charge on any atom is -0.433 e. The van der Waals surface area contributed by atoms with Crippen molar-refractivity contribution in [3.63, 3.8) is 0 Å². The van der Waals surface area contributed by atoms with Gasteiger partial charge in [-0.2, -0.15) is 17.6 Å². The molecule has 478 valence electrons. The van der Waals surface area contributed by atoms with Crippen LogP contribution in [0.5, 0.6) is 11.5 Å². The molecule has 21 heteroatoms. The van der Waals surface area contributed by atoms with Crippen molar-refractivity contribution >= 4 is 54.5 Å². The lowest BCUT2D eigenvalue weighted by Gasteiger charge is -2.44. The van der Waals surface area contributed by atoms with Gasteiger partial charge in [0.1, 0.15) is 23.1 Å². The molecule has 6 aromatic rings. The standard InChI is InChI=1S/C37H51F2N5O3Si.C31H37F2N5O3/c1-26-22-27(2)31(41-28-15-18-42(19-16-28)32-12-8-9-13-33(32)47-36(38)39)23-30(26)35(45)43-20-21-44(34-14-10-11-17-40-34)29(24-43)25-46-48(6,7)37(3,4)5;1-21-17-22(2)26(35-23-10-13-36(14-11-23)27-7-3-4-8-28(27)41-31(32)33)18-25(21)30(40)37-15-16-38(24(19-37)20-39)29-9-5-6-12-34-29/h8-14,17,22-23,28-29,36,41H,15-16,18-21,24-25H2,1-7H3;3-9,12,17-18,23-24,31,35,39H,10-11,13-16,19-20H2,1-2H3/t29-;24-/m00/s1. The number of aliphatic hydroxyl groups excluding tert-OH is 1. The highest BCUT2D eigenvalue weighted by atomic mass is 28.4. The molecule has 2 amide bonds. The first-order chi connectivity index (χ1) is 42.6. The third-order valence-corrected chi connectivity index (χ3v) is 22.7. The summed E-state index contributed by atoms with van der Waals surface area (Å²) >= 11 is 0. The van der Waals surface area contributed by atoms with Gasteiger partial charge in [-0.25, -0.2) is 9.97 Å². The highest BCUT2D eigenvalue weighted by Crippen LogP contribution is 2.38. The Morgan fingerprint density at radius 3 is 1.37 bits per heavy atom. The average molecular weight is 1250 g/mol. The molecule has 0 aliphatic carbocycles. The van der Waals surface area contributed by atoms with Crippen LogP contribution in [0.3, 0.4) is 0 Å². The number of alkyl halides is 4. The fourth-order valence-corrected chi connectivity index (χ4v) is 13.2. The second-order valence-corrected chi connectivity index (χ2v) is 30.1. The molecule has 4 fully saturated rings. The number of hydrogen-bond donors (Lipinski definition) is 3. The topological polar surface area (TPSA) is 151 Å². The van der Waals surface area contributed by atoms with E-state index in [0.717, 1.165) is 70.9 Å². The lowest BCUT2D eigenvalue weighted by molar-refractivity contribution is -0.0502. The molecule has 2 aromatic heterocycles. The molecule has 10 rings (SSSR count). The van der Waals surface area contributed by atoms with Gasteiger partial charge in [-0.15, -0.1) is 0 Å². The number of halogens is 4. The Labute approximate surface area is 523 Å². The molecule has 16 nitrogen and oxygen atoms in total. The van der Waals surface area contributed by atoms with Crippen molar-refractivity contribution in [3.05, 3.63) is 155 Å². The monoisotopic (exact) mass is 1240 g/mol. The number of nitrogens with one attached hydrogen (secondary N) is 2. The Morgan fingerprint density at radius 2 is 0.978 bits per heavy atom. The summed E-state index contributed by atoms with van der Waals surface area (Å²) in [7, 11) is -2.01. The van der Waals surface area contributed by atoms with Gasteiger partial charge in [-0.3, -0.25) is 9.59 Å². The quantitative estimate of drug-likeness (QED) is 0.0553. The number of rotatable bonds is 18. The molecule has 4 saturated heterocycles. The predicted molar refractivity (Wildman–Crippen MR) is 348 cm³/mol. The van der Waals surface area contributed by atoms with Crippen LogP contribution in [0.2, 0.25) is 18.1 Å². The zero-order valence-corrected chi connectivity index (χ0v) is 53.9. The number of anilines is 6. The number of piperazine rings is 2. The Morgan fingerprint density at radius 1 is 0.573 bits per heavy atom. The minimum atomic E-state index is -2.86. The van der Waals surface area contributed by atoms with Gasteiger partial charge in [0.15, 0.2) is 8.32 Å². The van der Waals surface area contributed by atoms with Crippen LogP contribution < -0.4 is 39.7 Å². The highest BCUT2D eigenvalue weighted by molar-refractivity contribution is 6.74. The van der Waals surface area contributed by atoms with Gasteiger partial charge >= 0.3 is 13.2 Å². The molecule has 4 aliphatic heterocycles. The Kier molecular flexibility index (Phi) is 21.7. The van der Waals surface area contributed by atoms with Crippen LogP contribution >= 0.6 is 0 Å². The van der Waals surface area contributed by atoms with Crippen LogP contribution in [0.4, 0.5) is 51.9 Å². The second kappa shape index (κ2) is 29.3. The first kappa shape index (κ1) is 65.8. The molecule has 0 spiro atoms. The minimum absolute atomic E-state index is 0.0171. The van der Waals surface area contributed by atoms with Gasteiger partial charge in [0.05, 0.1) is 36.7 Å². The van der Waals surface area contributed by atoms with Crippen LogP contribution in [0, 0.1) is 27.7 Å². The summed E-state index contributed by atoms with van der Waals surface area (Å²) in [6.45, 7) is 20.2. The molecule has 2 atom stereocenters. The van der Waals surface area contributed by atoms with Gasteiger partial charge in [-0.05, 0) is 154 Å². The summed E-state index contributed by atoms with van der Waals surface area (Å²) in [5.41, 5.74) is 8.60. The number of hydrogen-bond acceptors (Lipinski definition) is 14. The van der Waals surface area contributed by atoms with E-state index in [1.54, 1.807) is 30.5 Å². The second-order valence-electron chi connectivity index (χ2n) is 25.3. The normalized spacial score (nSPS) is 18.0. The number of aromatic nitrogens is 2. The molecule has 89 heavy (non-hydrogen) atoms. The van der Waals surface area contributed by atoms with Gasteiger partial charge in [0, 0.05) is 112 Å². The smallest absolute Gasteiger partial charge is 0.387 e. The summed E-state index contributed by atoms with van der Waals surface area (Å²) < 4.78 is 67.9. The lowest BCUT2D eigenvalue weighted by atomic mass is 9.99. The molecule has 4 aliphatic rings. The predicted octanol–water partition coefficient (Wildman–Crippen LogP) is 12.4. The number of piperidine rings is 2. The highest BCUT2D eigenvalue weighted by Gasteiger charge is 2.40. The molecular formula is C68H88F4N10O6Si. The Balaban J connectivity index is 0.000000214. The van der Waals surface area contributed by atoms with E-state index in [0.29, 0.717) is 94.6 Å². The largest absolute Gasteiger partial charge is 0.433 e. The van der Waals surface area contributed by atoms with Crippen molar-refractivity contribution in [1.29, 1.82) is 0 Å². The van der Waals surface area contributed by atoms with Crippen LogP contribution in [0.15, 0.2) is 122 Å². The first-order valence-corrected chi connectivity index (χ1v) is 34.0. The maximum absolute atomic E-state index is 14.2. The number of benzene rings is 4. The van der Waals surface area contributed by atoms with Crippen molar-refractivity contribution in [3.8, 4) is 11.5 Å². The van der Waals surface area contributed by atoms with E-state index in [9.17, 15) is 32.3 Å². The van der Waals surface area contributed by atoms with Crippen molar-refractivity contribution in [2.75, 3.05) is 109 Å². The number of amides is 2. The van der Waals surface area contributed by atoms with E-state index >= 15 is 0 Å². The van der Waals surface area contributed by atoms with Crippen LogP contribution in [0.25, 0.3) is 0 Å². The third kappa shape index (κ3) is 16.4. The summed E-state index contributed by atoms with van der Waals surface area (Å²) in [5, 5.41) is 17.5.